The summed E-state index contributed by atoms with van der Waals surface area (Å²) in [7, 11) is 1.67. The average Bonchev–Trinajstić information content (AvgIpc) is 3.64. The van der Waals surface area contributed by atoms with Gasteiger partial charge in [-0.25, -0.2) is 9.36 Å². The number of alkyl halides is 3. The first-order chi connectivity index (χ1) is 17.7. The highest BCUT2D eigenvalue weighted by Crippen LogP contribution is 2.39. The quantitative estimate of drug-likeness (QED) is 0.332. The summed E-state index contributed by atoms with van der Waals surface area (Å²) in [6.07, 6.45) is -0.961. The predicted octanol–water partition coefficient (Wildman–Crippen LogP) is 5.30. The fourth-order valence-electron chi connectivity index (χ4n) is 4.30. The summed E-state index contributed by atoms with van der Waals surface area (Å²) in [5, 5.41) is 0.767. The number of benzene rings is 2. The van der Waals surface area contributed by atoms with Crippen molar-refractivity contribution in [3.05, 3.63) is 99.0 Å². The molecule has 0 atom stereocenters. The summed E-state index contributed by atoms with van der Waals surface area (Å²) in [4.78, 5) is 33.6. The van der Waals surface area contributed by atoms with E-state index in [1.165, 1.54) is 27.3 Å². The highest BCUT2D eigenvalue weighted by Gasteiger charge is 2.31. The van der Waals surface area contributed by atoms with Crippen LogP contribution in [0.4, 0.5) is 13.2 Å². The van der Waals surface area contributed by atoms with E-state index in [-0.39, 0.29) is 28.9 Å². The summed E-state index contributed by atoms with van der Waals surface area (Å²) in [5.41, 5.74) is 0.813. The molecule has 37 heavy (non-hydrogen) atoms. The molecule has 3 heterocycles. The largest absolute Gasteiger partial charge is 0.434 e. The number of aryl methyl sites for hydroxylation is 1. The van der Waals surface area contributed by atoms with E-state index < -0.39 is 17.4 Å². The Bertz CT molecular complexity index is 1780. The van der Waals surface area contributed by atoms with E-state index >= 15 is 0 Å². The maximum Gasteiger partial charge on any atom is 0.416 e. The van der Waals surface area contributed by atoms with E-state index in [0.717, 1.165) is 30.4 Å². The molecule has 1 aliphatic rings. The summed E-state index contributed by atoms with van der Waals surface area (Å²) in [6, 6.07) is 14.6. The zero-order valence-electron chi connectivity index (χ0n) is 19.5. The average molecular weight is 504 g/mol. The van der Waals surface area contributed by atoms with Gasteiger partial charge in [-0.1, -0.05) is 12.1 Å². The van der Waals surface area contributed by atoms with Crippen molar-refractivity contribution < 1.29 is 17.6 Å². The van der Waals surface area contributed by atoms with Crippen LogP contribution in [0.3, 0.4) is 0 Å². The Labute approximate surface area is 207 Å². The van der Waals surface area contributed by atoms with Crippen LogP contribution in [0.25, 0.3) is 39.5 Å². The number of oxazole rings is 1. The number of aromatic nitrogens is 4. The van der Waals surface area contributed by atoms with Gasteiger partial charge in [-0.2, -0.15) is 23.1 Å². The highest BCUT2D eigenvalue weighted by molar-refractivity contribution is 5.84. The normalized spacial score (nSPS) is 13.8. The van der Waals surface area contributed by atoms with Gasteiger partial charge in [0.05, 0.1) is 16.8 Å². The van der Waals surface area contributed by atoms with Gasteiger partial charge in [0, 0.05) is 36.4 Å². The monoisotopic (exact) mass is 504 g/mol. The number of halogens is 3. The Hall–Kier alpha value is -4.47. The molecule has 5 aromatic rings. The van der Waals surface area contributed by atoms with Crippen molar-refractivity contribution in [2.24, 2.45) is 7.05 Å². The lowest BCUT2D eigenvalue weighted by molar-refractivity contribution is -0.137. The van der Waals surface area contributed by atoms with Crippen molar-refractivity contribution in [2.75, 3.05) is 0 Å². The molecule has 186 valence electrons. The Kier molecular flexibility index (Phi) is 5.15. The molecule has 10 heteroatoms. The van der Waals surface area contributed by atoms with E-state index in [2.05, 4.69) is 9.97 Å². The molecule has 0 bridgehead atoms. The summed E-state index contributed by atoms with van der Waals surface area (Å²) in [6.45, 7) is 0. The van der Waals surface area contributed by atoms with E-state index in [1.54, 1.807) is 43.6 Å². The maximum absolute atomic E-state index is 13.1. The van der Waals surface area contributed by atoms with Crippen molar-refractivity contribution in [1.82, 2.24) is 19.1 Å². The molecule has 0 aliphatic heterocycles. The highest BCUT2D eigenvalue weighted by atomic mass is 19.4. The van der Waals surface area contributed by atoms with Crippen LogP contribution in [0.1, 0.15) is 30.0 Å². The third-order valence-corrected chi connectivity index (χ3v) is 6.50. The number of hydrogen-bond donors (Lipinski definition) is 0. The summed E-state index contributed by atoms with van der Waals surface area (Å²) >= 11 is 0. The second-order valence-electron chi connectivity index (χ2n) is 9.03. The van der Waals surface area contributed by atoms with Gasteiger partial charge < -0.3 is 8.98 Å². The van der Waals surface area contributed by atoms with Crippen molar-refractivity contribution >= 4 is 10.9 Å². The molecule has 1 saturated carbocycles. The lowest BCUT2D eigenvalue weighted by Gasteiger charge is -2.08. The first-order valence-corrected chi connectivity index (χ1v) is 11.6. The van der Waals surface area contributed by atoms with E-state index in [4.69, 9.17) is 4.42 Å². The third-order valence-electron chi connectivity index (χ3n) is 6.50. The van der Waals surface area contributed by atoms with E-state index in [9.17, 15) is 22.8 Å². The van der Waals surface area contributed by atoms with Gasteiger partial charge in [-0.05, 0) is 60.7 Å². The third kappa shape index (κ3) is 4.14. The molecule has 3 aromatic heterocycles. The number of pyridine rings is 1. The minimum atomic E-state index is -4.49. The smallest absolute Gasteiger partial charge is 0.416 e. The van der Waals surface area contributed by atoms with Crippen LogP contribution >= 0.6 is 0 Å². The molecule has 0 unspecified atom stereocenters. The van der Waals surface area contributed by atoms with Crippen molar-refractivity contribution in [2.45, 2.75) is 24.9 Å². The second kappa shape index (κ2) is 8.29. The maximum atomic E-state index is 13.1. The van der Waals surface area contributed by atoms with E-state index in [1.807, 2.05) is 0 Å². The van der Waals surface area contributed by atoms with Crippen LogP contribution in [-0.4, -0.2) is 19.1 Å². The van der Waals surface area contributed by atoms with Crippen molar-refractivity contribution in [1.29, 1.82) is 0 Å². The standard InChI is InChI=1S/C27H19F3N4O3/c1-33-21-10-6-18(14-17(21)7-11-22(33)35)25-32-24(34-13-12-20(15-2-3-15)31-26(34)36)23(37-25)16-4-8-19(9-5-16)27(28,29)30/h4-15H,2-3H2,1H3. The number of nitrogens with zero attached hydrogens (tertiary/aromatic N) is 4. The number of rotatable bonds is 4. The minimum absolute atomic E-state index is 0.121. The van der Waals surface area contributed by atoms with Crippen LogP contribution in [0, 0.1) is 0 Å². The molecule has 0 saturated heterocycles. The van der Waals surface area contributed by atoms with Gasteiger partial charge in [0.2, 0.25) is 5.89 Å². The number of hydrogen-bond acceptors (Lipinski definition) is 5. The molecule has 0 amide bonds. The van der Waals surface area contributed by atoms with Crippen molar-refractivity contribution in [3.63, 3.8) is 0 Å². The molecule has 0 spiro atoms. The van der Waals surface area contributed by atoms with E-state index in [0.29, 0.717) is 22.3 Å². The molecule has 6 rings (SSSR count). The number of fused-ring (bicyclic) bond motifs is 1. The Morgan fingerprint density at radius 3 is 2.32 bits per heavy atom. The summed E-state index contributed by atoms with van der Waals surface area (Å²) < 4.78 is 48.2. The Morgan fingerprint density at radius 1 is 0.919 bits per heavy atom. The van der Waals surface area contributed by atoms with Gasteiger partial charge in [0.25, 0.3) is 5.56 Å². The lowest BCUT2D eigenvalue weighted by Crippen LogP contribution is -2.22. The zero-order valence-corrected chi connectivity index (χ0v) is 19.5. The molecule has 0 N–H and O–H groups in total. The van der Waals surface area contributed by atoms with Gasteiger partial charge >= 0.3 is 11.9 Å². The second-order valence-corrected chi connectivity index (χ2v) is 9.03. The molecule has 0 radical (unpaired) electrons. The van der Waals surface area contributed by atoms with Gasteiger partial charge in [-0.15, -0.1) is 0 Å². The van der Waals surface area contributed by atoms with Crippen LogP contribution < -0.4 is 11.2 Å². The Balaban J connectivity index is 1.51. The van der Waals surface area contributed by atoms with Crippen LogP contribution in [0.15, 0.2) is 80.9 Å². The van der Waals surface area contributed by atoms with Gasteiger partial charge in [0.15, 0.2) is 11.6 Å². The van der Waals surface area contributed by atoms with Crippen LogP contribution in [0.2, 0.25) is 0 Å². The predicted molar refractivity (Wildman–Crippen MR) is 130 cm³/mol. The minimum Gasteiger partial charge on any atom is -0.434 e. The van der Waals surface area contributed by atoms with Gasteiger partial charge in [-0.3, -0.25) is 4.79 Å². The first kappa shape index (κ1) is 23.0. The Morgan fingerprint density at radius 2 is 1.65 bits per heavy atom. The fourth-order valence-corrected chi connectivity index (χ4v) is 4.30. The van der Waals surface area contributed by atoms with Crippen LogP contribution in [0.5, 0.6) is 0 Å². The first-order valence-electron chi connectivity index (χ1n) is 11.6. The zero-order chi connectivity index (χ0) is 25.9. The molecule has 1 fully saturated rings. The fraction of sp³-hybridized carbons (Fsp3) is 0.185. The molecular formula is C27H19F3N4O3. The topological polar surface area (TPSA) is 82.9 Å². The molecular weight excluding hydrogens is 485 g/mol. The van der Waals surface area contributed by atoms with Gasteiger partial charge in [0.1, 0.15) is 0 Å². The molecule has 2 aromatic carbocycles. The molecule has 7 nitrogen and oxygen atoms in total. The lowest BCUT2D eigenvalue weighted by atomic mass is 10.1. The molecule has 1 aliphatic carbocycles. The summed E-state index contributed by atoms with van der Waals surface area (Å²) in [5.74, 6) is 0.694. The van der Waals surface area contributed by atoms with Crippen LogP contribution in [-0.2, 0) is 13.2 Å². The SMILES string of the molecule is Cn1c(=O)ccc2cc(-c3nc(-n4ccc(C5CC5)nc4=O)c(-c4ccc(C(F)(F)F)cc4)o3)ccc21. The van der Waals surface area contributed by atoms with Crippen molar-refractivity contribution in [3.8, 4) is 28.6 Å².